The van der Waals surface area contributed by atoms with E-state index in [9.17, 15) is 0 Å². The van der Waals surface area contributed by atoms with Crippen LogP contribution in [0.3, 0.4) is 0 Å². The van der Waals surface area contributed by atoms with Crippen molar-refractivity contribution >= 4 is 35.0 Å². The molecule has 2 aliphatic rings. The number of nitrogens with two attached hydrogens (primary N) is 2. The van der Waals surface area contributed by atoms with Crippen LogP contribution in [0.1, 0.15) is 19.8 Å². The average molecular weight is 378 g/mol. The molecule has 1 aromatic carbocycles. The van der Waals surface area contributed by atoms with Gasteiger partial charge in [0.2, 0.25) is 5.95 Å². The van der Waals surface area contributed by atoms with Crippen molar-refractivity contribution < 1.29 is 0 Å². The predicted octanol–water partition coefficient (Wildman–Crippen LogP) is 3.60. The summed E-state index contributed by atoms with van der Waals surface area (Å²) in [4.78, 5) is 11.3. The summed E-state index contributed by atoms with van der Waals surface area (Å²) in [6, 6.07) is 5.45. The van der Waals surface area contributed by atoms with Gasteiger partial charge in [-0.1, -0.05) is 35.3 Å². The molecule has 3 atom stereocenters. The Kier molecular flexibility index (Phi) is 4.06. The first-order chi connectivity index (χ1) is 11.8. The molecule has 0 amide bonds. The number of nitrogens with zero attached hydrogens (tertiary/aromatic N) is 3. The Hall–Kier alpha value is -1.56. The maximum absolute atomic E-state index is 6.29. The lowest BCUT2D eigenvalue weighted by atomic mass is 10.00. The zero-order valence-electron chi connectivity index (χ0n) is 14.0. The second kappa shape index (κ2) is 6.01. The van der Waals surface area contributed by atoms with Crippen molar-refractivity contribution in [2.75, 3.05) is 23.7 Å². The molecule has 1 aromatic heterocycles. The molecule has 1 saturated carbocycles. The quantitative estimate of drug-likeness (QED) is 0.835. The fourth-order valence-corrected chi connectivity index (χ4v) is 4.71. The SMILES string of the molecule is C[C@]1(N)C[C@H]2CN(c3ncc(-c4cccc(Cl)c4Cl)c(N)n3)C[C@H]2C1. The van der Waals surface area contributed by atoms with E-state index in [1.54, 1.807) is 12.3 Å². The summed E-state index contributed by atoms with van der Waals surface area (Å²) in [5.41, 5.74) is 13.9. The van der Waals surface area contributed by atoms with Gasteiger partial charge < -0.3 is 16.4 Å². The second-order valence-corrected chi connectivity index (χ2v) is 8.34. The molecule has 4 N–H and O–H groups in total. The van der Waals surface area contributed by atoms with Crippen molar-refractivity contribution in [1.29, 1.82) is 0 Å². The van der Waals surface area contributed by atoms with E-state index in [1.165, 1.54) is 0 Å². The first-order valence-electron chi connectivity index (χ1n) is 8.45. The summed E-state index contributed by atoms with van der Waals surface area (Å²) in [6.07, 6.45) is 3.84. The summed E-state index contributed by atoms with van der Waals surface area (Å²) < 4.78 is 0. The first kappa shape index (κ1) is 16.9. The topological polar surface area (TPSA) is 81.1 Å². The van der Waals surface area contributed by atoms with Crippen LogP contribution < -0.4 is 16.4 Å². The first-order valence-corrected chi connectivity index (χ1v) is 9.20. The van der Waals surface area contributed by atoms with E-state index in [1.807, 2.05) is 12.1 Å². The van der Waals surface area contributed by atoms with Crippen molar-refractivity contribution in [2.45, 2.75) is 25.3 Å². The van der Waals surface area contributed by atoms with Crippen LogP contribution >= 0.6 is 23.2 Å². The van der Waals surface area contributed by atoms with Crippen LogP contribution in [0.5, 0.6) is 0 Å². The molecule has 2 aromatic rings. The van der Waals surface area contributed by atoms with Crippen LogP contribution in [0.4, 0.5) is 11.8 Å². The fraction of sp³-hybridized carbons (Fsp3) is 0.444. The maximum atomic E-state index is 6.29. The molecule has 0 spiro atoms. The van der Waals surface area contributed by atoms with Gasteiger partial charge in [-0.25, -0.2) is 4.98 Å². The Balaban J connectivity index is 1.58. The maximum Gasteiger partial charge on any atom is 0.227 e. The number of benzene rings is 1. The zero-order chi connectivity index (χ0) is 17.8. The molecule has 4 rings (SSSR count). The van der Waals surface area contributed by atoms with E-state index in [2.05, 4.69) is 21.8 Å². The minimum Gasteiger partial charge on any atom is -0.383 e. The molecule has 25 heavy (non-hydrogen) atoms. The molecule has 2 fully saturated rings. The highest BCUT2D eigenvalue weighted by Gasteiger charge is 2.45. The van der Waals surface area contributed by atoms with Gasteiger partial charge in [0, 0.05) is 36.0 Å². The molecule has 0 bridgehead atoms. The van der Waals surface area contributed by atoms with Gasteiger partial charge in [-0.05, 0) is 37.7 Å². The van der Waals surface area contributed by atoms with Gasteiger partial charge in [-0.2, -0.15) is 4.98 Å². The Morgan fingerprint density at radius 2 is 1.84 bits per heavy atom. The lowest BCUT2D eigenvalue weighted by Gasteiger charge is -2.23. The van der Waals surface area contributed by atoms with E-state index in [0.717, 1.165) is 31.5 Å². The molecule has 1 saturated heterocycles. The van der Waals surface area contributed by atoms with E-state index < -0.39 is 0 Å². The number of hydrogen-bond acceptors (Lipinski definition) is 5. The number of anilines is 2. The molecule has 0 unspecified atom stereocenters. The van der Waals surface area contributed by atoms with Crippen molar-refractivity contribution in [2.24, 2.45) is 17.6 Å². The molecular formula is C18H21Cl2N5. The van der Waals surface area contributed by atoms with Gasteiger partial charge in [-0.3, -0.25) is 0 Å². The van der Waals surface area contributed by atoms with Gasteiger partial charge in [0.15, 0.2) is 0 Å². The summed E-state index contributed by atoms with van der Waals surface area (Å²) in [6.45, 7) is 4.02. The van der Waals surface area contributed by atoms with E-state index >= 15 is 0 Å². The third-order valence-corrected chi connectivity index (χ3v) is 6.18. The monoisotopic (exact) mass is 377 g/mol. The largest absolute Gasteiger partial charge is 0.383 e. The summed E-state index contributed by atoms with van der Waals surface area (Å²) in [7, 11) is 0. The number of aromatic nitrogens is 2. The highest BCUT2D eigenvalue weighted by Crippen LogP contribution is 2.43. The normalized spacial score (nSPS) is 28.4. The van der Waals surface area contributed by atoms with Gasteiger partial charge in [0.1, 0.15) is 5.82 Å². The minimum atomic E-state index is -0.0332. The van der Waals surface area contributed by atoms with Crippen LogP contribution in [0.25, 0.3) is 11.1 Å². The Bertz CT molecular complexity index is 807. The molecule has 5 nitrogen and oxygen atoms in total. The molecule has 7 heteroatoms. The van der Waals surface area contributed by atoms with E-state index in [-0.39, 0.29) is 5.54 Å². The lowest BCUT2D eigenvalue weighted by Crippen LogP contribution is -2.35. The summed E-state index contributed by atoms with van der Waals surface area (Å²) >= 11 is 12.4. The molecule has 1 aliphatic heterocycles. The lowest BCUT2D eigenvalue weighted by molar-refractivity contribution is 0.449. The second-order valence-electron chi connectivity index (χ2n) is 7.56. The van der Waals surface area contributed by atoms with Crippen LogP contribution in [-0.2, 0) is 0 Å². The Morgan fingerprint density at radius 1 is 1.16 bits per heavy atom. The van der Waals surface area contributed by atoms with Crippen molar-refractivity contribution in [1.82, 2.24) is 9.97 Å². The van der Waals surface area contributed by atoms with Gasteiger partial charge >= 0.3 is 0 Å². The number of halogens is 2. The van der Waals surface area contributed by atoms with Gasteiger partial charge in [0.05, 0.1) is 10.0 Å². The highest BCUT2D eigenvalue weighted by atomic mass is 35.5. The zero-order valence-corrected chi connectivity index (χ0v) is 15.6. The molecule has 1 aliphatic carbocycles. The standard InChI is InChI=1S/C18H21Cl2N5/c1-18(22)5-10-8-25(9-11(10)6-18)17-23-7-13(16(21)24-17)12-3-2-4-14(19)15(12)20/h2-4,7,10-11H,5-6,8-9,22H2,1H3,(H2,21,23,24)/t10-,11+,18-. The summed E-state index contributed by atoms with van der Waals surface area (Å²) in [5.74, 6) is 2.31. The molecule has 2 heterocycles. The van der Waals surface area contributed by atoms with Gasteiger partial charge in [0.25, 0.3) is 0 Å². The predicted molar refractivity (Wildman–Crippen MR) is 103 cm³/mol. The van der Waals surface area contributed by atoms with Crippen LogP contribution in [0, 0.1) is 11.8 Å². The van der Waals surface area contributed by atoms with E-state index in [4.69, 9.17) is 34.7 Å². The number of hydrogen-bond donors (Lipinski definition) is 2. The third kappa shape index (κ3) is 3.05. The summed E-state index contributed by atoms with van der Waals surface area (Å²) in [5, 5.41) is 0.949. The van der Waals surface area contributed by atoms with Crippen molar-refractivity contribution in [3.8, 4) is 11.1 Å². The smallest absolute Gasteiger partial charge is 0.227 e. The van der Waals surface area contributed by atoms with Gasteiger partial charge in [-0.15, -0.1) is 0 Å². The van der Waals surface area contributed by atoms with E-state index in [0.29, 0.717) is 39.2 Å². The molecular weight excluding hydrogens is 357 g/mol. The number of rotatable bonds is 2. The van der Waals surface area contributed by atoms with Crippen molar-refractivity contribution in [3.05, 3.63) is 34.4 Å². The van der Waals surface area contributed by atoms with Crippen LogP contribution in [0.15, 0.2) is 24.4 Å². The molecule has 132 valence electrons. The average Bonchev–Trinajstić information content (AvgIpc) is 3.04. The van der Waals surface area contributed by atoms with Crippen molar-refractivity contribution in [3.63, 3.8) is 0 Å². The minimum absolute atomic E-state index is 0.0332. The Morgan fingerprint density at radius 3 is 2.48 bits per heavy atom. The van der Waals surface area contributed by atoms with Crippen LogP contribution in [0.2, 0.25) is 10.0 Å². The molecule has 0 radical (unpaired) electrons. The highest BCUT2D eigenvalue weighted by molar-refractivity contribution is 6.43. The third-order valence-electron chi connectivity index (χ3n) is 5.36. The number of nitrogen functional groups attached to an aromatic ring is 1. The fourth-order valence-electron chi connectivity index (χ4n) is 4.30. The number of fused-ring (bicyclic) bond motifs is 1. The van der Waals surface area contributed by atoms with Crippen LogP contribution in [-0.4, -0.2) is 28.6 Å². The Labute approximate surface area is 157 Å².